The maximum Gasteiger partial charge on any atom is 0.237 e. The van der Waals surface area contributed by atoms with Crippen LogP contribution >= 0.6 is 11.8 Å². The fourth-order valence-electron chi connectivity index (χ4n) is 1.00. The highest BCUT2D eigenvalue weighted by atomic mass is 32.2. The van der Waals surface area contributed by atoms with Crippen molar-refractivity contribution in [3.05, 3.63) is 0 Å². The Morgan fingerprint density at radius 1 is 1.53 bits per heavy atom. The summed E-state index contributed by atoms with van der Waals surface area (Å²) in [6, 6.07) is -0.948. The van der Waals surface area contributed by atoms with E-state index in [0.29, 0.717) is 6.42 Å². The normalized spacial score (nSPS) is 14.7. The number of nitrogens with two attached hydrogens (primary N) is 1. The van der Waals surface area contributed by atoms with Crippen molar-refractivity contribution in [2.75, 3.05) is 12.0 Å². The zero-order valence-electron chi connectivity index (χ0n) is 9.53. The minimum atomic E-state index is -0.540. The zero-order chi connectivity index (χ0) is 11.8. The zero-order valence-corrected chi connectivity index (χ0v) is 10.3. The largest absolute Gasteiger partial charge is 0.345 e. The van der Waals surface area contributed by atoms with E-state index in [9.17, 15) is 9.59 Å². The fourth-order valence-corrected chi connectivity index (χ4v) is 1.49. The molecular weight excluding hydrogens is 212 g/mol. The van der Waals surface area contributed by atoms with Crippen LogP contribution in [0.2, 0.25) is 0 Å². The van der Waals surface area contributed by atoms with Crippen LogP contribution in [-0.2, 0) is 9.59 Å². The molecule has 0 heterocycles. The number of amides is 1. The Bertz CT molecular complexity index is 210. The van der Waals surface area contributed by atoms with Crippen LogP contribution in [0.15, 0.2) is 0 Å². The minimum Gasteiger partial charge on any atom is -0.345 e. The van der Waals surface area contributed by atoms with Crippen molar-refractivity contribution in [3.63, 3.8) is 0 Å². The summed E-state index contributed by atoms with van der Waals surface area (Å²) in [6.07, 6.45) is 3.38. The predicted molar refractivity (Wildman–Crippen MR) is 63.8 cm³/mol. The van der Waals surface area contributed by atoms with Crippen LogP contribution in [0.5, 0.6) is 0 Å². The number of thioether (sulfide) groups is 1. The Hall–Kier alpha value is -0.550. The van der Waals surface area contributed by atoms with Crippen molar-refractivity contribution >= 4 is 24.0 Å². The first-order valence-electron chi connectivity index (χ1n) is 5.03. The van der Waals surface area contributed by atoms with Gasteiger partial charge in [0.25, 0.3) is 0 Å². The molecule has 4 nitrogen and oxygen atoms in total. The highest BCUT2D eigenvalue weighted by molar-refractivity contribution is 7.98. The van der Waals surface area contributed by atoms with Gasteiger partial charge in [0.15, 0.2) is 0 Å². The smallest absolute Gasteiger partial charge is 0.237 e. The summed E-state index contributed by atoms with van der Waals surface area (Å²) in [5.41, 5.74) is 5.66. The third-order valence-corrected chi connectivity index (χ3v) is 2.79. The van der Waals surface area contributed by atoms with E-state index in [4.69, 9.17) is 5.73 Å². The van der Waals surface area contributed by atoms with Crippen LogP contribution in [0.3, 0.4) is 0 Å². The molecule has 0 aromatic heterocycles. The molecule has 2 atom stereocenters. The number of nitrogens with one attached hydrogen (secondary N) is 1. The van der Waals surface area contributed by atoms with Crippen molar-refractivity contribution < 1.29 is 9.59 Å². The quantitative estimate of drug-likeness (QED) is 0.624. The first kappa shape index (κ1) is 14.5. The molecule has 1 amide bonds. The van der Waals surface area contributed by atoms with Crippen molar-refractivity contribution in [2.24, 2.45) is 11.7 Å². The monoisotopic (exact) mass is 232 g/mol. The highest BCUT2D eigenvalue weighted by Gasteiger charge is 2.19. The topological polar surface area (TPSA) is 72.2 Å². The van der Waals surface area contributed by atoms with Crippen molar-refractivity contribution in [1.82, 2.24) is 5.32 Å². The lowest BCUT2D eigenvalue weighted by Gasteiger charge is -2.18. The molecule has 5 heteroatoms. The Morgan fingerprint density at radius 2 is 2.13 bits per heavy atom. The summed E-state index contributed by atoms with van der Waals surface area (Å²) in [4.78, 5) is 22.2. The number of rotatable bonds is 7. The lowest BCUT2D eigenvalue weighted by molar-refractivity contribution is -0.125. The molecule has 0 aliphatic heterocycles. The van der Waals surface area contributed by atoms with Crippen LogP contribution in [-0.4, -0.2) is 36.3 Å². The molecule has 0 fully saturated rings. The van der Waals surface area contributed by atoms with Gasteiger partial charge >= 0.3 is 0 Å². The van der Waals surface area contributed by atoms with Gasteiger partial charge in [0.2, 0.25) is 5.91 Å². The van der Waals surface area contributed by atoms with Gasteiger partial charge in [-0.3, -0.25) is 4.79 Å². The van der Waals surface area contributed by atoms with Gasteiger partial charge in [0.1, 0.15) is 6.29 Å². The van der Waals surface area contributed by atoms with E-state index in [-0.39, 0.29) is 11.8 Å². The Labute approximate surface area is 95.4 Å². The average Bonchev–Trinajstić information content (AvgIpc) is 2.22. The fraction of sp³-hybridized carbons (Fsp3) is 0.800. The molecule has 0 rings (SSSR count). The second-order valence-corrected chi connectivity index (χ2v) is 4.79. The van der Waals surface area contributed by atoms with Gasteiger partial charge in [-0.05, 0) is 24.3 Å². The molecule has 0 saturated heterocycles. The van der Waals surface area contributed by atoms with E-state index in [0.717, 1.165) is 12.0 Å². The lowest BCUT2D eigenvalue weighted by Crippen LogP contribution is -2.48. The Balaban J connectivity index is 4.06. The Morgan fingerprint density at radius 3 is 2.53 bits per heavy atom. The molecule has 88 valence electrons. The molecule has 0 aromatic carbocycles. The minimum absolute atomic E-state index is 0.0813. The van der Waals surface area contributed by atoms with E-state index >= 15 is 0 Å². The lowest BCUT2D eigenvalue weighted by atomic mass is 10.0. The van der Waals surface area contributed by atoms with Crippen LogP contribution in [0.25, 0.3) is 0 Å². The number of hydrogen-bond acceptors (Lipinski definition) is 4. The van der Waals surface area contributed by atoms with Crippen molar-refractivity contribution in [2.45, 2.75) is 32.4 Å². The number of aldehydes is 1. The molecule has 0 bridgehead atoms. The molecule has 0 aliphatic rings. The van der Waals surface area contributed by atoms with Crippen molar-refractivity contribution in [3.8, 4) is 0 Å². The molecular formula is C10H20N2O2S. The van der Waals surface area contributed by atoms with Crippen LogP contribution in [0.1, 0.15) is 20.3 Å². The van der Waals surface area contributed by atoms with Gasteiger partial charge in [-0.1, -0.05) is 13.8 Å². The third kappa shape index (κ3) is 5.79. The predicted octanol–water partition coefficient (Wildman–Crippen LogP) is 0.406. The molecule has 0 saturated carbocycles. The average molecular weight is 232 g/mol. The molecule has 0 radical (unpaired) electrons. The van der Waals surface area contributed by atoms with E-state index in [2.05, 4.69) is 5.32 Å². The van der Waals surface area contributed by atoms with E-state index in [1.54, 1.807) is 11.8 Å². The van der Waals surface area contributed by atoms with Gasteiger partial charge in [-0.15, -0.1) is 0 Å². The summed E-state index contributed by atoms with van der Waals surface area (Å²) in [6.45, 7) is 3.75. The molecule has 0 aromatic rings. The molecule has 0 aliphatic carbocycles. The highest BCUT2D eigenvalue weighted by Crippen LogP contribution is 2.01. The van der Waals surface area contributed by atoms with Crippen LogP contribution < -0.4 is 11.1 Å². The van der Waals surface area contributed by atoms with Gasteiger partial charge in [-0.2, -0.15) is 11.8 Å². The Kier molecular flexibility index (Phi) is 7.42. The van der Waals surface area contributed by atoms with Crippen LogP contribution in [0.4, 0.5) is 0 Å². The van der Waals surface area contributed by atoms with Gasteiger partial charge in [0, 0.05) is 0 Å². The van der Waals surface area contributed by atoms with Gasteiger partial charge in [-0.25, -0.2) is 0 Å². The maximum absolute atomic E-state index is 11.5. The van der Waals surface area contributed by atoms with Crippen LogP contribution in [0, 0.1) is 5.92 Å². The summed E-state index contributed by atoms with van der Waals surface area (Å²) >= 11 is 1.65. The standard InChI is InChI=1S/C10H20N2O2S/c1-7(2)9(11)10(14)12-8(6-13)4-5-15-3/h6-9H,4-5,11H2,1-3H3,(H,12,14)/t8-,9-/m0/s1. The number of carbonyl (C=O) groups is 2. The molecule has 0 unspecified atom stereocenters. The maximum atomic E-state index is 11.5. The summed E-state index contributed by atoms with van der Waals surface area (Å²) < 4.78 is 0. The van der Waals surface area contributed by atoms with E-state index in [1.165, 1.54) is 0 Å². The first-order chi connectivity index (χ1) is 7.02. The summed E-state index contributed by atoms with van der Waals surface area (Å²) in [5.74, 6) is 0.682. The van der Waals surface area contributed by atoms with Gasteiger partial charge < -0.3 is 15.8 Å². The summed E-state index contributed by atoms with van der Waals surface area (Å²) in [7, 11) is 0. The number of carbonyl (C=O) groups excluding carboxylic acids is 2. The van der Waals surface area contributed by atoms with E-state index in [1.807, 2.05) is 20.1 Å². The second kappa shape index (κ2) is 7.70. The molecule has 15 heavy (non-hydrogen) atoms. The SMILES string of the molecule is CSCC[C@@H](C=O)NC(=O)[C@@H](N)C(C)C. The van der Waals surface area contributed by atoms with Gasteiger partial charge in [0.05, 0.1) is 12.1 Å². The molecule has 3 N–H and O–H groups in total. The second-order valence-electron chi connectivity index (χ2n) is 3.80. The third-order valence-electron chi connectivity index (χ3n) is 2.15. The van der Waals surface area contributed by atoms with E-state index < -0.39 is 12.1 Å². The summed E-state index contributed by atoms with van der Waals surface area (Å²) in [5, 5.41) is 2.64. The first-order valence-corrected chi connectivity index (χ1v) is 6.42. The number of hydrogen-bond donors (Lipinski definition) is 2. The van der Waals surface area contributed by atoms with Crippen molar-refractivity contribution in [1.29, 1.82) is 0 Å². The molecule has 0 spiro atoms.